The van der Waals surface area contributed by atoms with E-state index in [0.29, 0.717) is 5.56 Å². The molecule has 0 aliphatic carbocycles. The van der Waals surface area contributed by atoms with Crippen molar-refractivity contribution < 1.29 is 4.39 Å². The number of halogens is 3. The van der Waals surface area contributed by atoms with Crippen LogP contribution >= 0.6 is 38.5 Å². The molecule has 0 heterocycles. The van der Waals surface area contributed by atoms with Crippen molar-refractivity contribution in [3.63, 3.8) is 0 Å². The van der Waals surface area contributed by atoms with Crippen molar-refractivity contribution in [3.8, 4) is 6.07 Å². The fourth-order valence-electron chi connectivity index (χ4n) is 0.784. The molecule has 0 radical (unpaired) electrons. The van der Waals surface area contributed by atoms with Gasteiger partial charge in [-0.3, -0.25) is 0 Å². The summed E-state index contributed by atoms with van der Waals surface area (Å²) in [6.45, 7) is 0. The van der Waals surface area contributed by atoms with Gasteiger partial charge in [0.15, 0.2) is 0 Å². The maximum atomic E-state index is 13.0. The molecular formula is C8H4BrFIN. The van der Waals surface area contributed by atoms with Gasteiger partial charge in [-0.25, -0.2) is 4.39 Å². The van der Waals surface area contributed by atoms with Gasteiger partial charge in [-0.05, 0) is 50.7 Å². The smallest absolute Gasteiger partial charge is 0.128 e. The first-order valence-corrected chi connectivity index (χ1v) is 5.02. The second-order valence-corrected chi connectivity index (χ2v) is 4.21. The van der Waals surface area contributed by atoms with Crippen molar-refractivity contribution in [2.75, 3.05) is 0 Å². The Bertz CT molecular complexity index is 346. The highest BCUT2D eigenvalue weighted by Gasteiger charge is 2.05. The average molecular weight is 340 g/mol. The summed E-state index contributed by atoms with van der Waals surface area (Å²) < 4.78 is 14.7. The lowest BCUT2D eigenvalue weighted by molar-refractivity contribution is 0.614. The molecule has 0 aliphatic rings. The van der Waals surface area contributed by atoms with Crippen molar-refractivity contribution >= 4 is 38.5 Å². The number of hydrogen-bond donors (Lipinski definition) is 0. The molecule has 1 aromatic rings. The lowest BCUT2D eigenvalue weighted by Crippen LogP contribution is -1.90. The van der Waals surface area contributed by atoms with E-state index in [1.54, 1.807) is 6.07 Å². The van der Waals surface area contributed by atoms with Gasteiger partial charge in [-0.2, -0.15) is 5.26 Å². The van der Waals surface area contributed by atoms with Crippen LogP contribution in [-0.4, -0.2) is 0 Å². The van der Waals surface area contributed by atoms with Crippen LogP contribution in [0, 0.1) is 20.7 Å². The van der Waals surface area contributed by atoms with E-state index in [0.717, 1.165) is 8.04 Å². The van der Waals surface area contributed by atoms with Gasteiger partial charge in [0.1, 0.15) is 5.82 Å². The molecule has 62 valence electrons. The Labute approximate surface area is 91.8 Å². The summed E-state index contributed by atoms with van der Waals surface area (Å²) in [5.74, 6) is -0.330. The summed E-state index contributed by atoms with van der Waals surface area (Å²) in [7, 11) is 0. The minimum absolute atomic E-state index is 0.120. The van der Waals surface area contributed by atoms with Crippen molar-refractivity contribution in [1.82, 2.24) is 0 Å². The van der Waals surface area contributed by atoms with Gasteiger partial charge in [0.2, 0.25) is 0 Å². The summed E-state index contributed by atoms with van der Waals surface area (Å²) in [6, 6.07) is 4.97. The third-order valence-corrected chi connectivity index (χ3v) is 3.65. The van der Waals surface area contributed by atoms with Crippen LogP contribution in [0.15, 0.2) is 16.6 Å². The second-order valence-electron chi connectivity index (χ2n) is 2.19. The van der Waals surface area contributed by atoms with E-state index in [4.69, 9.17) is 5.26 Å². The van der Waals surface area contributed by atoms with Crippen LogP contribution in [0.3, 0.4) is 0 Å². The van der Waals surface area contributed by atoms with Gasteiger partial charge >= 0.3 is 0 Å². The molecule has 0 N–H and O–H groups in total. The highest BCUT2D eigenvalue weighted by molar-refractivity contribution is 14.1. The van der Waals surface area contributed by atoms with Crippen LogP contribution in [0.25, 0.3) is 0 Å². The standard InChI is InChI=1S/C8H4BrFIN/c9-6-4-7(10)5(1-2-12)3-8(6)11/h3-4H,1H2. The molecule has 0 amide bonds. The minimum atomic E-state index is -0.330. The Morgan fingerprint density at radius 3 is 2.83 bits per heavy atom. The van der Waals surface area contributed by atoms with E-state index < -0.39 is 0 Å². The first kappa shape index (κ1) is 9.93. The van der Waals surface area contributed by atoms with Gasteiger partial charge < -0.3 is 0 Å². The fourth-order valence-corrected chi connectivity index (χ4v) is 1.63. The third kappa shape index (κ3) is 2.17. The molecule has 0 spiro atoms. The molecule has 0 atom stereocenters. The number of benzene rings is 1. The molecule has 1 aromatic carbocycles. The van der Waals surface area contributed by atoms with Crippen LogP contribution < -0.4 is 0 Å². The molecule has 1 nitrogen and oxygen atoms in total. The molecule has 0 saturated heterocycles. The quantitative estimate of drug-likeness (QED) is 0.569. The van der Waals surface area contributed by atoms with E-state index in [2.05, 4.69) is 38.5 Å². The lowest BCUT2D eigenvalue weighted by Gasteiger charge is -2.00. The van der Waals surface area contributed by atoms with Gasteiger partial charge in [0.05, 0.1) is 12.5 Å². The molecule has 12 heavy (non-hydrogen) atoms. The van der Waals surface area contributed by atoms with Crippen molar-refractivity contribution in [2.24, 2.45) is 0 Å². The van der Waals surface area contributed by atoms with Crippen molar-refractivity contribution in [3.05, 3.63) is 31.6 Å². The predicted molar refractivity (Wildman–Crippen MR) is 56.1 cm³/mol. The molecule has 0 fully saturated rings. The molecule has 0 bridgehead atoms. The Morgan fingerprint density at radius 1 is 1.58 bits per heavy atom. The van der Waals surface area contributed by atoms with E-state index in [-0.39, 0.29) is 12.2 Å². The zero-order valence-electron chi connectivity index (χ0n) is 5.94. The normalized spacial score (nSPS) is 9.50. The fraction of sp³-hybridized carbons (Fsp3) is 0.125. The first-order valence-electron chi connectivity index (χ1n) is 3.15. The first-order chi connectivity index (χ1) is 5.65. The van der Waals surface area contributed by atoms with Gasteiger partial charge in [0, 0.05) is 13.6 Å². The van der Waals surface area contributed by atoms with Gasteiger partial charge in [0.25, 0.3) is 0 Å². The Balaban J connectivity index is 3.16. The Kier molecular flexibility index (Phi) is 3.47. The molecule has 0 unspecified atom stereocenters. The highest BCUT2D eigenvalue weighted by Crippen LogP contribution is 2.22. The van der Waals surface area contributed by atoms with Crippen LogP contribution in [0.2, 0.25) is 0 Å². The SMILES string of the molecule is N#CCc1cc(I)c(Br)cc1F. The van der Waals surface area contributed by atoms with Crippen LogP contribution in [0.1, 0.15) is 5.56 Å². The van der Waals surface area contributed by atoms with E-state index in [1.165, 1.54) is 6.07 Å². The number of nitrogens with zero attached hydrogens (tertiary/aromatic N) is 1. The van der Waals surface area contributed by atoms with Crippen molar-refractivity contribution in [1.29, 1.82) is 5.26 Å². The summed E-state index contributed by atoms with van der Waals surface area (Å²) in [5.41, 5.74) is 0.449. The second kappa shape index (κ2) is 4.19. The molecule has 4 heteroatoms. The molecular weight excluding hydrogens is 336 g/mol. The number of hydrogen-bond acceptors (Lipinski definition) is 1. The summed E-state index contributed by atoms with van der Waals surface area (Å²) >= 11 is 5.28. The van der Waals surface area contributed by atoms with Gasteiger partial charge in [-0.1, -0.05) is 0 Å². The topological polar surface area (TPSA) is 23.8 Å². The summed E-state index contributed by atoms with van der Waals surface area (Å²) in [4.78, 5) is 0. The van der Waals surface area contributed by atoms with Gasteiger partial charge in [-0.15, -0.1) is 0 Å². The maximum absolute atomic E-state index is 13.0. The van der Waals surface area contributed by atoms with Crippen molar-refractivity contribution in [2.45, 2.75) is 6.42 Å². The van der Waals surface area contributed by atoms with E-state index in [1.807, 2.05) is 6.07 Å². The largest absolute Gasteiger partial charge is 0.207 e. The minimum Gasteiger partial charge on any atom is -0.207 e. The van der Waals surface area contributed by atoms with E-state index >= 15 is 0 Å². The predicted octanol–water partition coefficient (Wildman–Crippen LogP) is 3.26. The summed E-state index contributed by atoms with van der Waals surface area (Å²) in [6.07, 6.45) is 0.120. The average Bonchev–Trinajstić information content (AvgIpc) is 2.01. The Hall–Kier alpha value is -0.150. The number of rotatable bonds is 1. The lowest BCUT2D eigenvalue weighted by atomic mass is 10.1. The highest BCUT2D eigenvalue weighted by atomic mass is 127. The van der Waals surface area contributed by atoms with Crippen LogP contribution in [0.4, 0.5) is 4.39 Å². The van der Waals surface area contributed by atoms with Crippen LogP contribution in [0.5, 0.6) is 0 Å². The van der Waals surface area contributed by atoms with E-state index in [9.17, 15) is 4.39 Å². The molecule has 0 saturated carbocycles. The molecule has 1 rings (SSSR count). The van der Waals surface area contributed by atoms with Crippen LogP contribution in [-0.2, 0) is 6.42 Å². The monoisotopic (exact) mass is 339 g/mol. The summed E-state index contributed by atoms with van der Waals surface area (Å²) in [5, 5.41) is 8.37. The zero-order chi connectivity index (χ0) is 9.14. The zero-order valence-corrected chi connectivity index (χ0v) is 9.69. The maximum Gasteiger partial charge on any atom is 0.128 e. The molecule has 0 aliphatic heterocycles. The Morgan fingerprint density at radius 2 is 2.25 bits per heavy atom. The molecule has 0 aromatic heterocycles. The number of nitriles is 1. The third-order valence-electron chi connectivity index (χ3n) is 1.36.